The molecule has 0 saturated carbocycles. The molecule has 0 unspecified atom stereocenters. The van der Waals surface area contributed by atoms with Crippen molar-refractivity contribution in [2.24, 2.45) is 0 Å². The number of hydrogen-bond donors (Lipinski definition) is 0. The van der Waals surface area contributed by atoms with Gasteiger partial charge in [0.15, 0.2) is 0 Å². The van der Waals surface area contributed by atoms with Crippen molar-refractivity contribution in [2.45, 2.75) is 78.0 Å². The van der Waals surface area contributed by atoms with E-state index < -0.39 is 0 Å². The Hall–Kier alpha value is -0.0800. The van der Waals surface area contributed by atoms with Gasteiger partial charge < -0.3 is 4.74 Å². The summed E-state index contributed by atoms with van der Waals surface area (Å²) in [5.74, 6) is 0. The lowest BCUT2D eigenvalue weighted by Gasteiger charge is -2.39. The molecule has 2 nitrogen and oxygen atoms in total. The van der Waals surface area contributed by atoms with Crippen molar-refractivity contribution < 1.29 is 4.74 Å². The molecule has 0 N–H and O–H groups in total. The van der Waals surface area contributed by atoms with Crippen molar-refractivity contribution in [2.75, 3.05) is 13.2 Å². The summed E-state index contributed by atoms with van der Waals surface area (Å²) < 4.78 is 5.76. The summed E-state index contributed by atoms with van der Waals surface area (Å²) in [6, 6.07) is 1.52. The fraction of sp³-hybridized carbons (Fsp3) is 1.00. The van der Waals surface area contributed by atoms with E-state index >= 15 is 0 Å². The predicted molar refractivity (Wildman–Crippen MR) is 69.8 cm³/mol. The molecular weight excluding hydrogens is 198 g/mol. The summed E-state index contributed by atoms with van der Waals surface area (Å²) in [4.78, 5) is 2.65. The van der Waals surface area contributed by atoms with Crippen molar-refractivity contribution in [3.63, 3.8) is 0 Å². The molecule has 16 heavy (non-hydrogen) atoms. The average molecular weight is 227 g/mol. The third kappa shape index (κ3) is 4.84. The van der Waals surface area contributed by atoms with Gasteiger partial charge in [-0.15, -0.1) is 0 Å². The highest BCUT2D eigenvalue weighted by Crippen LogP contribution is 2.22. The monoisotopic (exact) mass is 227 g/mol. The van der Waals surface area contributed by atoms with E-state index in [1.807, 2.05) is 0 Å². The summed E-state index contributed by atoms with van der Waals surface area (Å²) in [6.07, 6.45) is 5.29. The Morgan fingerprint density at radius 2 is 1.69 bits per heavy atom. The van der Waals surface area contributed by atoms with Crippen molar-refractivity contribution in [3.8, 4) is 0 Å². The highest BCUT2D eigenvalue weighted by atomic mass is 16.5. The van der Waals surface area contributed by atoms with Gasteiger partial charge in [0, 0.05) is 25.2 Å². The van der Waals surface area contributed by atoms with Crippen LogP contribution in [0.25, 0.3) is 0 Å². The Morgan fingerprint density at radius 3 is 2.19 bits per heavy atom. The highest BCUT2D eigenvalue weighted by molar-refractivity contribution is 4.79. The summed E-state index contributed by atoms with van der Waals surface area (Å²) in [7, 11) is 0. The minimum atomic E-state index is 0.0130. The summed E-state index contributed by atoms with van der Waals surface area (Å²) in [5.41, 5.74) is 0.0130. The lowest BCUT2D eigenvalue weighted by molar-refractivity contribution is -0.0115. The van der Waals surface area contributed by atoms with E-state index in [9.17, 15) is 0 Å². The van der Waals surface area contributed by atoms with E-state index in [0.29, 0.717) is 0 Å². The van der Waals surface area contributed by atoms with Crippen molar-refractivity contribution in [1.82, 2.24) is 4.90 Å². The van der Waals surface area contributed by atoms with Crippen LogP contribution in [0, 0.1) is 0 Å². The van der Waals surface area contributed by atoms with E-state index in [4.69, 9.17) is 4.74 Å². The second-order valence-corrected chi connectivity index (χ2v) is 6.18. The fourth-order valence-corrected chi connectivity index (χ4v) is 2.54. The second-order valence-electron chi connectivity index (χ2n) is 6.18. The van der Waals surface area contributed by atoms with E-state index in [-0.39, 0.29) is 5.60 Å². The Morgan fingerprint density at radius 1 is 1.12 bits per heavy atom. The molecule has 0 aromatic heterocycles. The van der Waals surface area contributed by atoms with E-state index in [1.165, 1.54) is 25.8 Å². The fourth-order valence-electron chi connectivity index (χ4n) is 2.54. The molecule has 0 radical (unpaired) electrons. The molecule has 1 heterocycles. The second kappa shape index (κ2) is 6.02. The molecule has 1 saturated heterocycles. The molecule has 1 aliphatic rings. The molecule has 0 amide bonds. The number of nitrogens with zero attached hydrogens (tertiary/aromatic N) is 1. The van der Waals surface area contributed by atoms with Crippen LogP contribution in [0.15, 0.2) is 0 Å². The molecule has 2 atom stereocenters. The van der Waals surface area contributed by atoms with Gasteiger partial charge in [-0.05, 0) is 53.9 Å². The third-order valence-corrected chi connectivity index (χ3v) is 3.47. The molecular formula is C14H29NO. The van der Waals surface area contributed by atoms with Gasteiger partial charge in [0.1, 0.15) is 0 Å². The van der Waals surface area contributed by atoms with Gasteiger partial charge >= 0.3 is 0 Å². The number of rotatable bonds is 4. The predicted octanol–water partition coefficient (Wildman–Crippen LogP) is 3.45. The summed E-state index contributed by atoms with van der Waals surface area (Å²) in [6.45, 7) is 13.2. The Balaban J connectivity index is 2.20. The van der Waals surface area contributed by atoms with Gasteiger partial charge in [0.25, 0.3) is 0 Å². The lowest BCUT2D eigenvalue weighted by atomic mass is 9.97. The zero-order chi connectivity index (χ0) is 12.2. The SMILES string of the molecule is C[C@@H]1CCC[C@H](C)N1CCCOC(C)(C)C. The number of ether oxygens (including phenoxy) is 1. The quantitative estimate of drug-likeness (QED) is 0.682. The Labute approximate surface area is 101 Å². The van der Waals surface area contributed by atoms with Crippen LogP contribution in [0.2, 0.25) is 0 Å². The van der Waals surface area contributed by atoms with Crippen molar-refractivity contribution in [1.29, 1.82) is 0 Å². The molecule has 0 bridgehead atoms. The normalized spacial score (nSPS) is 28.3. The molecule has 0 spiro atoms. The van der Waals surface area contributed by atoms with Gasteiger partial charge in [-0.25, -0.2) is 0 Å². The Kier molecular flexibility index (Phi) is 5.26. The first-order chi connectivity index (χ1) is 7.40. The zero-order valence-corrected chi connectivity index (χ0v) is 11.8. The molecule has 1 rings (SSSR count). The molecule has 1 aliphatic heterocycles. The summed E-state index contributed by atoms with van der Waals surface area (Å²) in [5, 5.41) is 0. The van der Waals surface area contributed by atoms with E-state index in [0.717, 1.165) is 25.1 Å². The summed E-state index contributed by atoms with van der Waals surface area (Å²) >= 11 is 0. The first kappa shape index (κ1) is 14.0. The van der Waals surface area contributed by atoms with Gasteiger partial charge in [-0.1, -0.05) is 6.42 Å². The molecule has 0 aliphatic carbocycles. The van der Waals surface area contributed by atoms with Gasteiger partial charge in [0.2, 0.25) is 0 Å². The van der Waals surface area contributed by atoms with Gasteiger partial charge in [0.05, 0.1) is 5.60 Å². The maximum atomic E-state index is 5.76. The van der Waals surface area contributed by atoms with Crippen LogP contribution in [-0.2, 0) is 4.74 Å². The smallest absolute Gasteiger partial charge is 0.0598 e. The van der Waals surface area contributed by atoms with Crippen LogP contribution in [0.4, 0.5) is 0 Å². The standard InChI is InChI=1S/C14H29NO/c1-12-8-6-9-13(2)15(12)10-7-11-16-14(3,4)5/h12-13H,6-11H2,1-5H3/t12-,13+. The first-order valence-corrected chi connectivity index (χ1v) is 6.80. The van der Waals surface area contributed by atoms with E-state index in [1.54, 1.807) is 0 Å². The number of piperidine rings is 1. The average Bonchev–Trinajstić information content (AvgIpc) is 2.14. The van der Waals surface area contributed by atoms with Crippen LogP contribution in [0.5, 0.6) is 0 Å². The minimum absolute atomic E-state index is 0.0130. The zero-order valence-electron chi connectivity index (χ0n) is 11.8. The van der Waals surface area contributed by atoms with Crippen molar-refractivity contribution in [3.05, 3.63) is 0 Å². The van der Waals surface area contributed by atoms with Gasteiger partial charge in [-0.3, -0.25) is 4.90 Å². The highest BCUT2D eigenvalue weighted by Gasteiger charge is 2.23. The topological polar surface area (TPSA) is 12.5 Å². The first-order valence-electron chi connectivity index (χ1n) is 6.80. The maximum absolute atomic E-state index is 5.76. The largest absolute Gasteiger partial charge is 0.376 e. The molecule has 96 valence electrons. The molecule has 0 aromatic carbocycles. The van der Waals surface area contributed by atoms with Gasteiger partial charge in [-0.2, -0.15) is 0 Å². The Bertz CT molecular complexity index is 187. The molecule has 0 aromatic rings. The van der Waals surface area contributed by atoms with Crippen LogP contribution in [-0.4, -0.2) is 35.7 Å². The van der Waals surface area contributed by atoms with Crippen LogP contribution < -0.4 is 0 Å². The molecule has 1 fully saturated rings. The number of likely N-dealkylation sites (tertiary alicyclic amines) is 1. The van der Waals surface area contributed by atoms with Crippen LogP contribution in [0.1, 0.15) is 60.3 Å². The van der Waals surface area contributed by atoms with Crippen LogP contribution >= 0.6 is 0 Å². The minimum Gasteiger partial charge on any atom is -0.376 e. The van der Waals surface area contributed by atoms with Crippen LogP contribution in [0.3, 0.4) is 0 Å². The van der Waals surface area contributed by atoms with Crippen molar-refractivity contribution >= 4 is 0 Å². The maximum Gasteiger partial charge on any atom is 0.0598 e. The third-order valence-electron chi connectivity index (χ3n) is 3.47. The molecule has 2 heteroatoms. The number of hydrogen-bond acceptors (Lipinski definition) is 2. The lowest BCUT2D eigenvalue weighted by Crippen LogP contribution is -2.44. The van der Waals surface area contributed by atoms with E-state index in [2.05, 4.69) is 39.5 Å².